The minimum Gasteiger partial charge on any atom is -0.508 e. The van der Waals surface area contributed by atoms with Crippen LogP contribution in [0.2, 0.25) is 0 Å². The van der Waals surface area contributed by atoms with E-state index in [2.05, 4.69) is 0 Å². The number of benzene rings is 1. The zero-order chi connectivity index (χ0) is 20.5. The molecule has 0 saturated carbocycles. The molecular weight excluding hydrogens is 380 g/mol. The van der Waals surface area contributed by atoms with E-state index < -0.39 is 37.3 Å². The molecule has 1 aromatic rings. The predicted octanol–water partition coefficient (Wildman–Crippen LogP) is 0.434. The van der Waals surface area contributed by atoms with Crippen molar-refractivity contribution in [3.8, 4) is 11.5 Å². The van der Waals surface area contributed by atoms with Crippen LogP contribution in [0, 0.1) is 11.8 Å². The fourth-order valence-electron chi connectivity index (χ4n) is 4.00. The largest absolute Gasteiger partial charge is 0.508 e. The van der Waals surface area contributed by atoms with Crippen LogP contribution >= 0.6 is 0 Å². The van der Waals surface area contributed by atoms with E-state index in [-0.39, 0.29) is 0 Å². The molecule has 5 N–H and O–H groups in total. The molecule has 7 atom stereocenters. The summed E-state index contributed by atoms with van der Waals surface area (Å²) in [4.78, 5) is 0. The highest BCUT2D eigenvalue weighted by atomic mass is 16.7. The van der Waals surface area contributed by atoms with Gasteiger partial charge in [-0.25, -0.2) is 0 Å². The Morgan fingerprint density at radius 3 is 2.66 bits per heavy atom. The van der Waals surface area contributed by atoms with Crippen molar-refractivity contribution in [3.05, 3.63) is 47.7 Å². The third-order valence-electron chi connectivity index (χ3n) is 5.79. The van der Waals surface area contributed by atoms with Crippen molar-refractivity contribution in [1.29, 1.82) is 0 Å². The van der Waals surface area contributed by atoms with Gasteiger partial charge in [0.25, 0.3) is 0 Å². The molecule has 1 aromatic carbocycles. The van der Waals surface area contributed by atoms with Crippen LogP contribution in [0.5, 0.6) is 11.5 Å². The maximum Gasteiger partial charge on any atom is 0.229 e. The SMILES string of the molecule is OCC1O[C@H](Oc2ccc3c(c2)OC[C@H](C2C=CC(O)=CC2)C3)C(O)C(O)[C@@H]1O. The van der Waals surface area contributed by atoms with E-state index in [0.717, 1.165) is 18.4 Å². The topological polar surface area (TPSA) is 129 Å². The first-order valence-electron chi connectivity index (χ1n) is 9.76. The number of hydrogen-bond acceptors (Lipinski definition) is 8. The lowest BCUT2D eigenvalue weighted by atomic mass is 9.82. The first-order valence-corrected chi connectivity index (χ1v) is 9.76. The second-order valence-electron chi connectivity index (χ2n) is 7.75. The predicted molar refractivity (Wildman–Crippen MR) is 101 cm³/mol. The third kappa shape index (κ3) is 4.12. The van der Waals surface area contributed by atoms with E-state index in [9.17, 15) is 25.5 Å². The van der Waals surface area contributed by atoms with E-state index >= 15 is 0 Å². The number of aliphatic hydroxyl groups is 5. The molecule has 1 saturated heterocycles. The Balaban J connectivity index is 1.42. The summed E-state index contributed by atoms with van der Waals surface area (Å²) in [6, 6.07) is 5.32. The zero-order valence-corrected chi connectivity index (χ0v) is 15.8. The molecule has 4 rings (SSSR count). The molecule has 1 aliphatic carbocycles. The molecule has 2 aliphatic heterocycles. The molecule has 8 nitrogen and oxygen atoms in total. The van der Waals surface area contributed by atoms with Crippen LogP contribution in [0.4, 0.5) is 0 Å². The van der Waals surface area contributed by atoms with Gasteiger partial charge in [-0.1, -0.05) is 12.1 Å². The quantitative estimate of drug-likeness (QED) is 0.487. The highest BCUT2D eigenvalue weighted by Gasteiger charge is 2.44. The van der Waals surface area contributed by atoms with Crippen molar-refractivity contribution < 1.29 is 39.7 Å². The molecule has 29 heavy (non-hydrogen) atoms. The van der Waals surface area contributed by atoms with E-state index in [1.807, 2.05) is 18.2 Å². The van der Waals surface area contributed by atoms with Crippen LogP contribution in [0.25, 0.3) is 0 Å². The van der Waals surface area contributed by atoms with Gasteiger partial charge in [-0.2, -0.15) is 0 Å². The van der Waals surface area contributed by atoms with Gasteiger partial charge in [-0.15, -0.1) is 0 Å². The highest BCUT2D eigenvalue weighted by molar-refractivity contribution is 5.42. The summed E-state index contributed by atoms with van der Waals surface area (Å²) in [7, 11) is 0. The van der Waals surface area contributed by atoms with Crippen LogP contribution in [-0.4, -0.2) is 69.5 Å². The fraction of sp³-hybridized carbons (Fsp3) is 0.524. The van der Waals surface area contributed by atoms with Gasteiger partial charge in [0, 0.05) is 12.0 Å². The minimum absolute atomic E-state index is 0.299. The van der Waals surface area contributed by atoms with Crippen molar-refractivity contribution >= 4 is 0 Å². The molecule has 8 heteroatoms. The summed E-state index contributed by atoms with van der Waals surface area (Å²) < 4.78 is 17.0. The van der Waals surface area contributed by atoms with Crippen molar-refractivity contribution in [2.75, 3.05) is 13.2 Å². The van der Waals surface area contributed by atoms with Gasteiger partial charge >= 0.3 is 0 Å². The second-order valence-corrected chi connectivity index (χ2v) is 7.75. The number of fused-ring (bicyclic) bond motifs is 1. The van der Waals surface area contributed by atoms with E-state index in [1.165, 1.54) is 0 Å². The first-order chi connectivity index (χ1) is 14.0. The normalized spacial score (nSPS) is 36.7. The molecule has 0 bridgehead atoms. The third-order valence-corrected chi connectivity index (χ3v) is 5.79. The van der Waals surface area contributed by atoms with E-state index in [0.29, 0.717) is 35.7 Å². The molecule has 0 radical (unpaired) electrons. The summed E-state index contributed by atoms with van der Waals surface area (Å²) in [5.41, 5.74) is 1.04. The van der Waals surface area contributed by atoms with Gasteiger partial charge in [0.05, 0.1) is 13.2 Å². The van der Waals surface area contributed by atoms with Crippen molar-refractivity contribution in [1.82, 2.24) is 0 Å². The van der Waals surface area contributed by atoms with Gasteiger partial charge < -0.3 is 39.7 Å². The Morgan fingerprint density at radius 1 is 1.10 bits per heavy atom. The summed E-state index contributed by atoms with van der Waals surface area (Å²) in [5.74, 6) is 1.98. The molecule has 0 aromatic heterocycles. The number of allylic oxidation sites excluding steroid dienone is 3. The molecule has 2 heterocycles. The number of ether oxygens (including phenoxy) is 3. The van der Waals surface area contributed by atoms with Crippen molar-refractivity contribution in [2.45, 2.75) is 43.5 Å². The van der Waals surface area contributed by atoms with Gasteiger partial charge in [-0.3, -0.25) is 0 Å². The standard InChI is InChI=1S/C21H26O8/c22-9-17-18(24)19(25)20(26)21(29-17)28-15-6-3-12-7-13(10-27-16(12)8-15)11-1-4-14(23)5-2-11/h1,3-6,8,11,13,17-26H,2,7,9-10H2/t11?,13-,17?,18-,19?,20?,21+/m1/s1. The average Bonchev–Trinajstić information content (AvgIpc) is 2.74. The molecule has 158 valence electrons. The summed E-state index contributed by atoms with van der Waals surface area (Å²) in [6.45, 7) is 0.0299. The fourth-order valence-corrected chi connectivity index (χ4v) is 4.00. The average molecular weight is 406 g/mol. The Bertz CT molecular complexity index is 789. The second kappa shape index (κ2) is 8.33. The summed E-state index contributed by atoms with van der Waals surface area (Å²) in [5, 5.41) is 48.6. The van der Waals surface area contributed by atoms with Crippen molar-refractivity contribution in [2.24, 2.45) is 11.8 Å². The number of hydrogen-bond donors (Lipinski definition) is 5. The maximum atomic E-state index is 10.1. The molecular formula is C21H26O8. The number of rotatable bonds is 4. The van der Waals surface area contributed by atoms with Crippen LogP contribution in [0.3, 0.4) is 0 Å². The first kappa shape index (κ1) is 20.2. The molecule has 3 aliphatic rings. The highest BCUT2D eigenvalue weighted by Crippen LogP contribution is 2.36. The Morgan fingerprint density at radius 2 is 1.93 bits per heavy atom. The van der Waals surface area contributed by atoms with Gasteiger partial charge in [0.2, 0.25) is 6.29 Å². The van der Waals surface area contributed by atoms with Crippen LogP contribution < -0.4 is 9.47 Å². The molecule has 1 fully saturated rings. The Hall–Kier alpha value is -2.10. The van der Waals surface area contributed by atoms with Gasteiger partial charge in [0.15, 0.2) is 0 Å². The van der Waals surface area contributed by atoms with Crippen molar-refractivity contribution in [3.63, 3.8) is 0 Å². The van der Waals surface area contributed by atoms with Crippen LogP contribution in [0.15, 0.2) is 42.2 Å². The summed E-state index contributed by atoms with van der Waals surface area (Å²) >= 11 is 0. The zero-order valence-electron chi connectivity index (χ0n) is 15.8. The van der Waals surface area contributed by atoms with E-state index in [4.69, 9.17) is 14.2 Å². The lowest BCUT2D eigenvalue weighted by Crippen LogP contribution is -2.60. The van der Waals surface area contributed by atoms with Crippen LogP contribution in [0.1, 0.15) is 12.0 Å². The lowest BCUT2D eigenvalue weighted by Gasteiger charge is -2.39. The van der Waals surface area contributed by atoms with Gasteiger partial charge in [0.1, 0.15) is 41.7 Å². The maximum absolute atomic E-state index is 10.1. The smallest absolute Gasteiger partial charge is 0.229 e. The molecule has 0 amide bonds. The lowest BCUT2D eigenvalue weighted by molar-refractivity contribution is -0.277. The minimum atomic E-state index is -1.49. The Labute approximate surface area is 168 Å². The number of aliphatic hydroxyl groups excluding tert-OH is 5. The summed E-state index contributed by atoms with van der Waals surface area (Å²) in [6.07, 6.45) is 0.544. The molecule has 4 unspecified atom stereocenters. The van der Waals surface area contributed by atoms with E-state index in [1.54, 1.807) is 18.2 Å². The van der Waals surface area contributed by atoms with Crippen LogP contribution in [-0.2, 0) is 11.2 Å². The van der Waals surface area contributed by atoms with Gasteiger partial charge in [-0.05, 0) is 42.5 Å². The Kier molecular flexibility index (Phi) is 5.80. The molecule has 0 spiro atoms. The monoisotopic (exact) mass is 406 g/mol.